The summed E-state index contributed by atoms with van der Waals surface area (Å²) in [5.74, 6) is -5.58. The van der Waals surface area contributed by atoms with Crippen molar-refractivity contribution in [1.82, 2.24) is 9.88 Å². The summed E-state index contributed by atoms with van der Waals surface area (Å²) >= 11 is 0. The van der Waals surface area contributed by atoms with Crippen molar-refractivity contribution in [1.29, 1.82) is 0 Å². The minimum Gasteiger partial charge on any atom is -0.361 e. The molecule has 2 aromatic carbocycles. The highest BCUT2D eigenvalue weighted by Gasteiger charge is 2.21. The number of anilines is 1. The van der Waals surface area contributed by atoms with Crippen LogP contribution in [0.4, 0.5) is 18.9 Å². The lowest BCUT2D eigenvalue weighted by Gasteiger charge is -2.22. The van der Waals surface area contributed by atoms with E-state index in [0.29, 0.717) is 24.6 Å². The molecular weight excluding hydrogens is 371 g/mol. The average molecular weight is 389 g/mol. The zero-order valence-electron chi connectivity index (χ0n) is 15.1. The Morgan fingerprint density at radius 1 is 1.07 bits per heavy atom. The second kappa shape index (κ2) is 8.16. The summed E-state index contributed by atoms with van der Waals surface area (Å²) in [5.41, 5.74) is 0.700. The molecule has 0 aliphatic heterocycles. The Labute approximate surface area is 159 Å². The summed E-state index contributed by atoms with van der Waals surface area (Å²) < 4.78 is 40.0. The van der Waals surface area contributed by atoms with Gasteiger partial charge in [0.15, 0.2) is 17.5 Å². The van der Waals surface area contributed by atoms with Crippen LogP contribution in [-0.4, -0.2) is 34.8 Å². The van der Waals surface area contributed by atoms with E-state index in [1.54, 1.807) is 24.4 Å². The molecule has 2 N–H and O–H groups in total. The van der Waals surface area contributed by atoms with E-state index in [9.17, 15) is 22.8 Å². The van der Waals surface area contributed by atoms with E-state index in [0.717, 1.165) is 17.0 Å². The number of benzene rings is 2. The first-order valence-corrected chi connectivity index (χ1v) is 8.70. The molecule has 8 heteroatoms. The standard InChI is InChI=1S/C20H18F3N3O2/c1-2-9-26(20(28)13-4-3-12-7-8-24-16(12)10-13)11-17(27)25-15-6-5-14(21)18(22)19(15)23/h3-8,10,24H,2,9,11H2,1H3,(H,25,27). The van der Waals surface area contributed by atoms with Gasteiger partial charge < -0.3 is 15.2 Å². The third-order valence-corrected chi connectivity index (χ3v) is 4.23. The number of amides is 2. The smallest absolute Gasteiger partial charge is 0.254 e. The molecule has 3 rings (SSSR count). The maximum Gasteiger partial charge on any atom is 0.254 e. The maximum absolute atomic E-state index is 13.7. The highest BCUT2D eigenvalue weighted by molar-refractivity contribution is 6.01. The van der Waals surface area contributed by atoms with Gasteiger partial charge in [-0.15, -0.1) is 0 Å². The molecule has 28 heavy (non-hydrogen) atoms. The van der Waals surface area contributed by atoms with E-state index in [1.807, 2.05) is 13.0 Å². The van der Waals surface area contributed by atoms with Gasteiger partial charge in [0.05, 0.1) is 5.69 Å². The van der Waals surface area contributed by atoms with Crippen molar-refractivity contribution in [2.75, 3.05) is 18.4 Å². The van der Waals surface area contributed by atoms with Gasteiger partial charge in [-0.2, -0.15) is 0 Å². The molecule has 0 atom stereocenters. The Balaban J connectivity index is 1.75. The van der Waals surface area contributed by atoms with Crippen molar-refractivity contribution in [3.05, 3.63) is 65.6 Å². The topological polar surface area (TPSA) is 65.2 Å². The van der Waals surface area contributed by atoms with Crippen LogP contribution < -0.4 is 5.32 Å². The molecule has 1 heterocycles. The van der Waals surface area contributed by atoms with E-state index in [2.05, 4.69) is 10.3 Å². The number of rotatable bonds is 6. The minimum atomic E-state index is -1.67. The van der Waals surface area contributed by atoms with Crippen molar-refractivity contribution < 1.29 is 22.8 Å². The van der Waals surface area contributed by atoms with Gasteiger partial charge in [0, 0.05) is 23.8 Å². The highest BCUT2D eigenvalue weighted by Crippen LogP contribution is 2.20. The lowest BCUT2D eigenvalue weighted by Crippen LogP contribution is -2.38. The fourth-order valence-corrected chi connectivity index (χ4v) is 2.87. The fourth-order valence-electron chi connectivity index (χ4n) is 2.87. The predicted molar refractivity (Wildman–Crippen MR) is 99.4 cm³/mol. The van der Waals surface area contributed by atoms with Gasteiger partial charge in [0.25, 0.3) is 5.91 Å². The summed E-state index contributed by atoms with van der Waals surface area (Å²) in [7, 11) is 0. The van der Waals surface area contributed by atoms with Gasteiger partial charge in [-0.25, -0.2) is 13.2 Å². The number of hydrogen-bond donors (Lipinski definition) is 2. The number of aromatic nitrogens is 1. The summed E-state index contributed by atoms with van der Waals surface area (Å²) in [6.45, 7) is 1.80. The number of hydrogen-bond acceptors (Lipinski definition) is 2. The van der Waals surface area contributed by atoms with Crippen molar-refractivity contribution in [2.24, 2.45) is 0 Å². The van der Waals surface area contributed by atoms with Crippen molar-refractivity contribution in [2.45, 2.75) is 13.3 Å². The lowest BCUT2D eigenvalue weighted by atomic mass is 10.1. The summed E-state index contributed by atoms with van der Waals surface area (Å²) in [4.78, 5) is 29.4. The quantitative estimate of drug-likeness (QED) is 0.624. The normalized spacial score (nSPS) is 10.9. The van der Waals surface area contributed by atoms with Gasteiger partial charge >= 0.3 is 0 Å². The first-order valence-electron chi connectivity index (χ1n) is 8.70. The van der Waals surface area contributed by atoms with E-state index < -0.39 is 29.0 Å². The van der Waals surface area contributed by atoms with E-state index in [4.69, 9.17) is 0 Å². The molecule has 1 aromatic heterocycles. The van der Waals surface area contributed by atoms with Crippen LogP contribution in [0.2, 0.25) is 0 Å². The number of nitrogens with one attached hydrogen (secondary N) is 2. The Kier molecular flexibility index (Phi) is 5.67. The number of halogens is 3. The number of fused-ring (bicyclic) bond motifs is 1. The van der Waals surface area contributed by atoms with Crippen LogP contribution in [0, 0.1) is 17.5 Å². The second-order valence-corrected chi connectivity index (χ2v) is 6.28. The van der Waals surface area contributed by atoms with Crippen molar-refractivity contribution >= 4 is 28.4 Å². The molecule has 0 bridgehead atoms. The van der Waals surface area contributed by atoms with Crippen molar-refractivity contribution in [3.63, 3.8) is 0 Å². The molecule has 2 amide bonds. The largest absolute Gasteiger partial charge is 0.361 e. The zero-order valence-corrected chi connectivity index (χ0v) is 15.1. The van der Waals surface area contributed by atoms with Crippen LogP contribution >= 0.6 is 0 Å². The molecule has 0 radical (unpaired) electrons. The Morgan fingerprint density at radius 3 is 2.61 bits per heavy atom. The summed E-state index contributed by atoms with van der Waals surface area (Å²) in [6.07, 6.45) is 2.36. The van der Waals surface area contributed by atoms with E-state index in [-0.39, 0.29) is 12.5 Å². The number of H-pyrrole nitrogens is 1. The summed E-state index contributed by atoms with van der Waals surface area (Å²) in [5, 5.41) is 3.13. The molecule has 3 aromatic rings. The number of carbonyl (C=O) groups is 2. The lowest BCUT2D eigenvalue weighted by molar-refractivity contribution is -0.116. The molecule has 0 aliphatic carbocycles. The van der Waals surface area contributed by atoms with Gasteiger partial charge in [-0.1, -0.05) is 13.0 Å². The molecule has 0 fully saturated rings. The molecule has 0 saturated heterocycles. The van der Waals surface area contributed by atoms with Crippen LogP contribution in [-0.2, 0) is 4.79 Å². The molecule has 0 saturated carbocycles. The van der Waals surface area contributed by atoms with Crippen LogP contribution in [0.15, 0.2) is 42.6 Å². The molecule has 0 spiro atoms. The monoisotopic (exact) mass is 389 g/mol. The van der Waals surface area contributed by atoms with Crippen LogP contribution in [0.3, 0.4) is 0 Å². The van der Waals surface area contributed by atoms with Crippen LogP contribution in [0.5, 0.6) is 0 Å². The average Bonchev–Trinajstić information content (AvgIpc) is 3.15. The summed E-state index contributed by atoms with van der Waals surface area (Å²) in [6, 6.07) is 8.66. The minimum absolute atomic E-state index is 0.301. The number of aromatic amines is 1. The van der Waals surface area contributed by atoms with E-state index >= 15 is 0 Å². The first-order chi connectivity index (χ1) is 13.4. The maximum atomic E-state index is 13.7. The van der Waals surface area contributed by atoms with Crippen LogP contribution in [0.25, 0.3) is 10.9 Å². The molecular formula is C20H18F3N3O2. The molecule has 146 valence electrons. The van der Waals surface area contributed by atoms with Gasteiger partial charge in [-0.05, 0) is 42.1 Å². The zero-order chi connectivity index (χ0) is 20.3. The fraction of sp³-hybridized carbons (Fsp3) is 0.200. The van der Waals surface area contributed by atoms with Crippen molar-refractivity contribution in [3.8, 4) is 0 Å². The number of nitrogens with zero attached hydrogens (tertiary/aromatic N) is 1. The Bertz CT molecular complexity index is 1030. The van der Waals surface area contributed by atoms with Crippen LogP contribution in [0.1, 0.15) is 23.7 Å². The molecule has 0 unspecified atom stereocenters. The van der Waals surface area contributed by atoms with Gasteiger partial charge in [-0.3, -0.25) is 9.59 Å². The third-order valence-electron chi connectivity index (χ3n) is 4.23. The van der Waals surface area contributed by atoms with Gasteiger partial charge in [0.1, 0.15) is 6.54 Å². The SMILES string of the molecule is CCCN(CC(=O)Nc1ccc(F)c(F)c1F)C(=O)c1ccc2cc[nH]c2c1. The number of carbonyl (C=O) groups excluding carboxylic acids is 2. The van der Waals surface area contributed by atoms with Gasteiger partial charge in [0.2, 0.25) is 5.91 Å². The Hall–Kier alpha value is -3.29. The highest BCUT2D eigenvalue weighted by atomic mass is 19.2. The molecule has 5 nitrogen and oxygen atoms in total. The Morgan fingerprint density at radius 2 is 1.86 bits per heavy atom. The third kappa shape index (κ3) is 4.00. The first kappa shape index (κ1) is 19.5. The second-order valence-electron chi connectivity index (χ2n) is 6.28. The van der Waals surface area contributed by atoms with E-state index in [1.165, 1.54) is 4.90 Å². The predicted octanol–water partition coefficient (Wildman–Crippen LogP) is 4.08. The molecule has 0 aliphatic rings.